The molecule has 2 fully saturated rings. The maximum absolute atomic E-state index is 12.4. The lowest BCUT2D eigenvalue weighted by Gasteiger charge is -2.41. The summed E-state index contributed by atoms with van der Waals surface area (Å²) in [6.07, 6.45) is 3.76. The zero-order chi connectivity index (χ0) is 15.7. The zero-order valence-electron chi connectivity index (χ0n) is 14.5. The van der Waals surface area contributed by atoms with E-state index in [2.05, 4.69) is 42.2 Å². The lowest BCUT2D eigenvalue weighted by Crippen LogP contribution is -2.53. The number of nitrogens with two attached hydrogens (primary N) is 1. The van der Waals surface area contributed by atoms with E-state index in [1.54, 1.807) is 0 Å². The Kier molecular flexibility index (Phi) is 7.54. The van der Waals surface area contributed by atoms with Crippen molar-refractivity contribution in [3.8, 4) is 0 Å². The molecule has 1 saturated heterocycles. The Labute approximate surface area is 157 Å². The molecule has 136 valence electrons. The van der Waals surface area contributed by atoms with Crippen molar-refractivity contribution in [1.82, 2.24) is 9.80 Å². The number of hydrogen-bond donors (Lipinski definition) is 1. The van der Waals surface area contributed by atoms with Crippen LogP contribution in [0.5, 0.6) is 0 Å². The number of rotatable bonds is 4. The minimum Gasteiger partial charge on any atom is -0.341 e. The summed E-state index contributed by atoms with van der Waals surface area (Å²) in [6, 6.07) is 11.4. The van der Waals surface area contributed by atoms with Gasteiger partial charge in [0.15, 0.2) is 0 Å². The largest absolute Gasteiger partial charge is 0.341 e. The highest BCUT2D eigenvalue weighted by Crippen LogP contribution is 2.35. The topological polar surface area (TPSA) is 49.6 Å². The lowest BCUT2D eigenvalue weighted by molar-refractivity contribution is -0.135. The second kappa shape index (κ2) is 8.52. The molecule has 2 atom stereocenters. The van der Waals surface area contributed by atoms with Crippen molar-refractivity contribution in [3.63, 3.8) is 0 Å². The van der Waals surface area contributed by atoms with Crippen molar-refractivity contribution in [2.24, 2.45) is 5.73 Å². The minimum atomic E-state index is -0.542. The summed E-state index contributed by atoms with van der Waals surface area (Å²) in [6.45, 7) is 4.30. The van der Waals surface area contributed by atoms with E-state index in [4.69, 9.17) is 5.73 Å². The highest BCUT2D eigenvalue weighted by Gasteiger charge is 2.48. The number of likely N-dealkylation sites (N-methyl/N-ethyl adjacent to an activating group) is 1. The first-order chi connectivity index (χ1) is 10.5. The van der Waals surface area contributed by atoms with Crippen molar-refractivity contribution in [2.75, 3.05) is 13.6 Å². The standard InChI is InChI=1S/C18H27N3O.2ClH/c1-14-12-16(20(2)17(22)18(19)9-10-18)8-11-21(14)13-15-6-4-3-5-7-15;;/h3-7,14,16H,8-13,19H2,1-2H3;2*1H. The van der Waals surface area contributed by atoms with Gasteiger partial charge in [-0.25, -0.2) is 0 Å². The summed E-state index contributed by atoms with van der Waals surface area (Å²) in [5.74, 6) is 0.140. The second-order valence-electron chi connectivity index (χ2n) is 7.06. The van der Waals surface area contributed by atoms with Crippen LogP contribution in [0.15, 0.2) is 30.3 Å². The lowest BCUT2D eigenvalue weighted by atomic mass is 9.96. The number of piperidine rings is 1. The number of likely N-dealkylation sites (tertiary alicyclic amines) is 1. The van der Waals surface area contributed by atoms with Crippen molar-refractivity contribution in [1.29, 1.82) is 0 Å². The first-order valence-electron chi connectivity index (χ1n) is 8.34. The average molecular weight is 374 g/mol. The molecule has 1 aliphatic heterocycles. The van der Waals surface area contributed by atoms with Gasteiger partial charge in [0, 0.05) is 32.2 Å². The molecule has 6 heteroatoms. The summed E-state index contributed by atoms with van der Waals surface area (Å²) >= 11 is 0. The number of hydrogen-bond acceptors (Lipinski definition) is 3. The van der Waals surface area contributed by atoms with E-state index in [1.165, 1.54) is 5.56 Å². The van der Waals surface area contributed by atoms with Crippen LogP contribution in [0.1, 0.15) is 38.2 Å². The minimum absolute atomic E-state index is 0. The van der Waals surface area contributed by atoms with Crippen LogP contribution < -0.4 is 5.73 Å². The van der Waals surface area contributed by atoms with E-state index in [0.717, 1.165) is 38.8 Å². The predicted molar refractivity (Wildman–Crippen MR) is 103 cm³/mol. The fraction of sp³-hybridized carbons (Fsp3) is 0.611. The SMILES string of the molecule is CC1CC(N(C)C(=O)C2(N)CC2)CCN1Cc1ccccc1.Cl.Cl. The molecule has 0 bridgehead atoms. The van der Waals surface area contributed by atoms with Crippen molar-refractivity contribution >= 4 is 30.7 Å². The molecule has 1 aliphatic carbocycles. The molecule has 4 nitrogen and oxygen atoms in total. The van der Waals surface area contributed by atoms with Crippen LogP contribution in [0, 0.1) is 0 Å². The second-order valence-corrected chi connectivity index (χ2v) is 7.06. The number of benzene rings is 1. The van der Waals surface area contributed by atoms with Crippen molar-refractivity contribution in [2.45, 2.75) is 56.8 Å². The van der Waals surface area contributed by atoms with Crippen LogP contribution in [0.4, 0.5) is 0 Å². The first kappa shape index (κ1) is 21.2. The highest BCUT2D eigenvalue weighted by molar-refractivity contribution is 5.89. The van der Waals surface area contributed by atoms with Crippen LogP contribution >= 0.6 is 24.8 Å². The Morgan fingerprint density at radius 1 is 1.29 bits per heavy atom. The third kappa shape index (κ3) is 4.63. The molecule has 3 rings (SSSR count). The Morgan fingerprint density at radius 3 is 2.46 bits per heavy atom. The van der Waals surface area contributed by atoms with E-state index < -0.39 is 5.54 Å². The van der Waals surface area contributed by atoms with Crippen LogP contribution in [-0.4, -0.2) is 46.9 Å². The molecule has 1 aromatic rings. The smallest absolute Gasteiger partial charge is 0.242 e. The molecule has 1 heterocycles. The van der Waals surface area contributed by atoms with Gasteiger partial charge in [-0.05, 0) is 38.2 Å². The van der Waals surface area contributed by atoms with Gasteiger partial charge in [-0.2, -0.15) is 0 Å². The molecule has 1 saturated carbocycles. The maximum Gasteiger partial charge on any atom is 0.242 e. The number of carbonyl (C=O) groups is 1. The van der Waals surface area contributed by atoms with Gasteiger partial charge in [0.25, 0.3) is 0 Å². The van der Waals surface area contributed by atoms with Gasteiger partial charge in [0.1, 0.15) is 0 Å². The summed E-state index contributed by atoms with van der Waals surface area (Å²) in [7, 11) is 1.93. The Hall–Kier alpha value is -0.810. The van der Waals surface area contributed by atoms with E-state index in [0.29, 0.717) is 12.1 Å². The van der Waals surface area contributed by atoms with Crippen molar-refractivity contribution in [3.05, 3.63) is 35.9 Å². The normalized spacial score (nSPS) is 25.1. The zero-order valence-corrected chi connectivity index (χ0v) is 16.1. The van der Waals surface area contributed by atoms with Crippen molar-refractivity contribution < 1.29 is 4.79 Å². The van der Waals surface area contributed by atoms with Crippen LogP contribution in [-0.2, 0) is 11.3 Å². The molecule has 1 aromatic carbocycles. The van der Waals surface area contributed by atoms with Crippen LogP contribution in [0.2, 0.25) is 0 Å². The van der Waals surface area contributed by atoms with E-state index in [1.807, 2.05) is 11.9 Å². The fourth-order valence-corrected chi connectivity index (χ4v) is 3.47. The molecule has 2 unspecified atom stereocenters. The molecule has 2 N–H and O–H groups in total. The molecule has 0 radical (unpaired) electrons. The Morgan fingerprint density at radius 2 is 1.92 bits per heavy atom. The van der Waals surface area contributed by atoms with Gasteiger partial charge in [-0.15, -0.1) is 24.8 Å². The average Bonchev–Trinajstić information content (AvgIpc) is 3.28. The van der Waals surface area contributed by atoms with Gasteiger partial charge in [0.2, 0.25) is 5.91 Å². The van der Waals surface area contributed by atoms with Gasteiger partial charge in [-0.3, -0.25) is 9.69 Å². The predicted octanol–water partition coefficient (Wildman–Crippen LogP) is 2.83. The van der Waals surface area contributed by atoms with E-state index in [9.17, 15) is 4.79 Å². The quantitative estimate of drug-likeness (QED) is 0.882. The highest BCUT2D eigenvalue weighted by atomic mass is 35.5. The monoisotopic (exact) mass is 373 g/mol. The maximum atomic E-state index is 12.4. The number of amides is 1. The summed E-state index contributed by atoms with van der Waals surface area (Å²) in [5.41, 5.74) is 6.88. The number of halogens is 2. The summed E-state index contributed by atoms with van der Waals surface area (Å²) in [5, 5.41) is 0. The van der Waals surface area contributed by atoms with Gasteiger partial charge in [0.05, 0.1) is 5.54 Å². The van der Waals surface area contributed by atoms with Gasteiger partial charge >= 0.3 is 0 Å². The summed E-state index contributed by atoms with van der Waals surface area (Å²) in [4.78, 5) is 16.8. The molecular weight excluding hydrogens is 345 g/mol. The molecule has 24 heavy (non-hydrogen) atoms. The molecule has 0 aromatic heterocycles. The molecular formula is C18H29Cl2N3O. The Balaban J connectivity index is 0.00000144. The third-order valence-electron chi connectivity index (χ3n) is 5.30. The van der Waals surface area contributed by atoms with Gasteiger partial charge < -0.3 is 10.6 Å². The molecule has 2 aliphatic rings. The summed E-state index contributed by atoms with van der Waals surface area (Å²) < 4.78 is 0. The van der Waals surface area contributed by atoms with Crippen LogP contribution in [0.25, 0.3) is 0 Å². The molecule has 1 amide bonds. The van der Waals surface area contributed by atoms with E-state index >= 15 is 0 Å². The van der Waals surface area contributed by atoms with E-state index in [-0.39, 0.29) is 30.7 Å². The number of carbonyl (C=O) groups excluding carboxylic acids is 1. The van der Waals surface area contributed by atoms with Gasteiger partial charge in [-0.1, -0.05) is 30.3 Å². The van der Waals surface area contributed by atoms with Crippen LogP contribution in [0.3, 0.4) is 0 Å². The third-order valence-corrected chi connectivity index (χ3v) is 5.30. The fourth-order valence-electron chi connectivity index (χ4n) is 3.47. The first-order valence-corrected chi connectivity index (χ1v) is 8.34. The number of nitrogens with zero attached hydrogens (tertiary/aromatic N) is 2. The molecule has 0 spiro atoms. The Bertz CT molecular complexity index is 536.